The van der Waals surface area contributed by atoms with Crippen LogP contribution in [0.1, 0.15) is 15.9 Å². The Balaban J connectivity index is 1.74. The van der Waals surface area contributed by atoms with Crippen LogP contribution in [-0.2, 0) is 0 Å². The van der Waals surface area contributed by atoms with Gasteiger partial charge in [-0.1, -0.05) is 91.0 Å². The van der Waals surface area contributed by atoms with E-state index in [0.717, 1.165) is 27.3 Å². The van der Waals surface area contributed by atoms with Crippen LogP contribution in [0.4, 0.5) is 0 Å². The number of hydrogen-bond acceptors (Lipinski definition) is 1. The summed E-state index contributed by atoms with van der Waals surface area (Å²) in [5.74, 6) is 0.0275. The van der Waals surface area contributed by atoms with Gasteiger partial charge in [0, 0.05) is 5.56 Å². The highest BCUT2D eigenvalue weighted by molar-refractivity contribution is 6.15. The van der Waals surface area contributed by atoms with E-state index in [1.54, 1.807) is 6.08 Å². The molecule has 114 valence electrons. The molecule has 0 aliphatic carbocycles. The zero-order chi connectivity index (χ0) is 16.4. The Kier molecular flexibility index (Phi) is 3.68. The van der Waals surface area contributed by atoms with Crippen LogP contribution in [0, 0.1) is 0 Å². The van der Waals surface area contributed by atoms with Gasteiger partial charge >= 0.3 is 0 Å². The number of carbonyl (C=O) groups is 1. The fourth-order valence-corrected chi connectivity index (χ4v) is 3.09. The lowest BCUT2D eigenvalue weighted by atomic mass is 10.00. The van der Waals surface area contributed by atoms with Gasteiger partial charge in [-0.25, -0.2) is 0 Å². The lowest BCUT2D eigenvalue weighted by molar-refractivity contribution is 0.104. The highest BCUT2D eigenvalue weighted by Crippen LogP contribution is 2.22. The Morgan fingerprint density at radius 2 is 1.21 bits per heavy atom. The van der Waals surface area contributed by atoms with Gasteiger partial charge < -0.3 is 0 Å². The molecule has 0 aliphatic heterocycles. The summed E-state index contributed by atoms with van der Waals surface area (Å²) < 4.78 is 0. The summed E-state index contributed by atoms with van der Waals surface area (Å²) in [5, 5.41) is 4.41. The number of ketones is 1. The summed E-state index contributed by atoms with van der Waals surface area (Å²) in [6.07, 6.45) is 3.58. The minimum Gasteiger partial charge on any atom is -0.289 e. The van der Waals surface area contributed by atoms with E-state index in [0.29, 0.717) is 0 Å². The van der Waals surface area contributed by atoms with Crippen molar-refractivity contribution in [1.29, 1.82) is 0 Å². The molecule has 24 heavy (non-hydrogen) atoms. The first-order valence-electron chi connectivity index (χ1n) is 8.01. The summed E-state index contributed by atoms with van der Waals surface area (Å²) in [4.78, 5) is 12.7. The van der Waals surface area contributed by atoms with Gasteiger partial charge in [0.05, 0.1) is 0 Å². The third kappa shape index (κ3) is 2.61. The molecule has 0 saturated heterocycles. The minimum absolute atomic E-state index is 0.0275. The summed E-state index contributed by atoms with van der Waals surface area (Å²) in [6.45, 7) is 0. The number of carbonyl (C=O) groups excluding carboxylic acids is 1. The zero-order valence-corrected chi connectivity index (χ0v) is 13.1. The molecule has 0 fully saturated rings. The van der Waals surface area contributed by atoms with Crippen LogP contribution in [-0.4, -0.2) is 5.78 Å². The molecule has 0 radical (unpaired) electrons. The third-order valence-electron chi connectivity index (χ3n) is 4.29. The molecule has 4 rings (SSSR count). The van der Waals surface area contributed by atoms with Crippen molar-refractivity contribution in [2.75, 3.05) is 0 Å². The predicted molar refractivity (Wildman–Crippen MR) is 101 cm³/mol. The zero-order valence-electron chi connectivity index (χ0n) is 13.1. The second kappa shape index (κ2) is 6.13. The second-order valence-corrected chi connectivity index (χ2v) is 5.79. The van der Waals surface area contributed by atoms with Gasteiger partial charge in [-0.2, -0.15) is 0 Å². The Bertz CT molecular complexity index is 1060. The third-order valence-corrected chi connectivity index (χ3v) is 4.29. The summed E-state index contributed by atoms with van der Waals surface area (Å²) >= 11 is 0. The summed E-state index contributed by atoms with van der Waals surface area (Å²) in [6, 6.07) is 28.2. The first-order chi connectivity index (χ1) is 11.8. The molecule has 0 heterocycles. The van der Waals surface area contributed by atoms with Gasteiger partial charge in [0.15, 0.2) is 5.78 Å². The molecule has 1 nitrogen and oxygen atoms in total. The Labute approximate surface area is 140 Å². The van der Waals surface area contributed by atoms with Crippen LogP contribution in [0.15, 0.2) is 91.0 Å². The van der Waals surface area contributed by atoms with Crippen molar-refractivity contribution >= 4 is 33.4 Å². The molecular formula is C23H16O. The first-order valence-corrected chi connectivity index (χ1v) is 8.01. The van der Waals surface area contributed by atoms with Crippen molar-refractivity contribution < 1.29 is 4.79 Å². The Morgan fingerprint density at radius 1 is 0.625 bits per heavy atom. The number of fused-ring (bicyclic) bond motifs is 2. The van der Waals surface area contributed by atoms with E-state index in [-0.39, 0.29) is 5.78 Å². The number of benzene rings is 4. The molecular weight excluding hydrogens is 292 g/mol. The molecule has 0 unspecified atom stereocenters. The number of hydrogen-bond donors (Lipinski definition) is 0. The van der Waals surface area contributed by atoms with Gasteiger partial charge in [-0.15, -0.1) is 0 Å². The summed E-state index contributed by atoms with van der Waals surface area (Å²) in [5.41, 5.74) is 1.80. The molecule has 0 atom stereocenters. The van der Waals surface area contributed by atoms with Gasteiger partial charge in [0.2, 0.25) is 0 Å². The van der Waals surface area contributed by atoms with Crippen LogP contribution in [0.25, 0.3) is 27.6 Å². The maximum absolute atomic E-state index is 12.7. The molecule has 0 aromatic heterocycles. The standard InChI is InChI=1S/C23H16O/c24-23(22-14-6-11-18-8-2-4-13-21(18)22)16-15-19-10-5-9-17-7-1-3-12-20(17)19/h1-16H/b16-15-. The molecule has 1 heteroatoms. The minimum atomic E-state index is 0.0275. The van der Waals surface area contributed by atoms with Gasteiger partial charge in [0.1, 0.15) is 0 Å². The van der Waals surface area contributed by atoms with Crippen molar-refractivity contribution in [3.05, 3.63) is 102 Å². The van der Waals surface area contributed by atoms with E-state index in [1.165, 1.54) is 5.39 Å². The van der Waals surface area contributed by atoms with Crippen LogP contribution in [0.2, 0.25) is 0 Å². The van der Waals surface area contributed by atoms with Crippen LogP contribution >= 0.6 is 0 Å². The van der Waals surface area contributed by atoms with Crippen molar-refractivity contribution in [2.45, 2.75) is 0 Å². The van der Waals surface area contributed by atoms with E-state index in [9.17, 15) is 4.79 Å². The second-order valence-electron chi connectivity index (χ2n) is 5.79. The van der Waals surface area contributed by atoms with E-state index < -0.39 is 0 Å². The van der Waals surface area contributed by atoms with E-state index in [4.69, 9.17) is 0 Å². The van der Waals surface area contributed by atoms with Gasteiger partial charge in [0.25, 0.3) is 0 Å². The van der Waals surface area contributed by atoms with E-state index >= 15 is 0 Å². The average Bonchev–Trinajstić information content (AvgIpc) is 2.65. The quantitative estimate of drug-likeness (QED) is 0.341. The Morgan fingerprint density at radius 3 is 2.00 bits per heavy atom. The fourth-order valence-electron chi connectivity index (χ4n) is 3.09. The maximum Gasteiger partial charge on any atom is 0.186 e. The van der Waals surface area contributed by atoms with Gasteiger partial charge in [-0.3, -0.25) is 4.79 Å². The lowest BCUT2D eigenvalue weighted by Crippen LogP contribution is -1.95. The fraction of sp³-hybridized carbons (Fsp3) is 0. The SMILES string of the molecule is O=C(/C=C\c1cccc2ccccc12)c1cccc2ccccc12. The van der Waals surface area contributed by atoms with Crippen molar-refractivity contribution in [3.63, 3.8) is 0 Å². The van der Waals surface area contributed by atoms with E-state index in [2.05, 4.69) is 18.2 Å². The maximum atomic E-state index is 12.7. The molecule has 0 N–H and O–H groups in total. The Hall–Kier alpha value is -3.19. The average molecular weight is 308 g/mol. The normalized spacial score (nSPS) is 11.3. The molecule has 0 saturated carbocycles. The number of rotatable bonds is 3. The van der Waals surface area contributed by atoms with Crippen molar-refractivity contribution in [3.8, 4) is 0 Å². The highest BCUT2D eigenvalue weighted by atomic mass is 16.1. The smallest absolute Gasteiger partial charge is 0.186 e. The number of allylic oxidation sites excluding steroid dienone is 1. The molecule has 4 aromatic carbocycles. The van der Waals surface area contributed by atoms with Crippen molar-refractivity contribution in [1.82, 2.24) is 0 Å². The molecule has 0 spiro atoms. The topological polar surface area (TPSA) is 17.1 Å². The molecule has 4 aromatic rings. The summed E-state index contributed by atoms with van der Waals surface area (Å²) in [7, 11) is 0. The van der Waals surface area contributed by atoms with Crippen LogP contribution < -0.4 is 0 Å². The molecule has 0 bridgehead atoms. The lowest BCUT2D eigenvalue weighted by Gasteiger charge is -2.04. The highest BCUT2D eigenvalue weighted by Gasteiger charge is 2.06. The molecule has 0 aliphatic rings. The molecule has 0 amide bonds. The monoisotopic (exact) mass is 308 g/mol. The van der Waals surface area contributed by atoms with Crippen LogP contribution in [0.5, 0.6) is 0 Å². The van der Waals surface area contributed by atoms with Crippen LogP contribution in [0.3, 0.4) is 0 Å². The predicted octanol–water partition coefficient (Wildman–Crippen LogP) is 5.89. The van der Waals surface area contributed by atoms with E-state index in [1.807, 2.05) is 72.8 Å². The van der Waals surface area contributed by atoms with Gasteiger partial charge in [-0.05, 0) is 33.2 Å². The largest absolute Gasteiger partial charge is 0.289 e. The first kappa shape index (κ1) is 14.4. The van der Waals surface area contributed by atoms with Crippen molar-refractivity contribution in [2.24, 2.45) is 0 Å².